The molecular formula is C14H17ClN2O4. The molecule has 1 heterocycles. The summed E-state index contributed by atoms with van der Waals surface area (Å²) in [6.07, 6.45) is 1.57. The number of benzene rings is 1. The molecule has 0 unspecified atom stereocenters. The summed E-state index contributed by atoms with van der Waals surface area (Å²) in [4.78, 5) is 13.6. The van der Waals surface area contributed by atoms with Gasteiger partial charge in [-0.1, -0.05) is 23.7 Å². The number of nitrogens with zero attached hydrogens (tertiary/aromatic N) is 2. The highest BCUT2D eigenvalue weighted by atomic mass is 35.5. The van der Waals surface area contributed by atoms with Gasteiger partial charge in [0.15, 0.2) is 5.78 Å². The van der Waals surface area contributed by atoms with Gasteiger partial charge in [0, 0.05) is 11.6 Å². The first-order valence-electron chi connectivity index (χ1n) is 6.15. The highest BCUT2D eigenvalue weighted by Gasteiger charge is 2.01. The molecule has 7 heteroatoms. The van der Waals surface area contributed by atoms with Gasteiger partial charge in [0.05, 0.1) is 24.8 Å². The Balaban J connectivity index is 0.000000315. The average molecular weight is 313 g/mol. The fourth-order valence-electron chi connectivity index (χ4n) is 1.45. The summed E-state index contributed by atoms with van der Waals surface area (Å²) >= 11 is 5.88. The van der Waals surface area contributed by atoms with Gasteiger partial charge in [-0.3, -0.25) is 4.79 Å². The van der Waals surface area contributed by atoms with Crippen molar-refractivity contribution in [2.24, 2.45) is 0 Å². The van der Waals surface area contributed by atoms with Crippen molar-refractivity contribution in [2.75, 3.05) is 0 Å². The molecule has 2 aromatic rings. The van der Waals surface area contributed by atoms with Crippen LogP contribution in [0.3, 0.4) is 0 Å². The van der Waals surface area contributed by atoms with E-state index in [0.29, 0.717) is 6.54 Å². The van der Waals surface area contributed by atoms with E-state index in [1.807, 2.05) is 28.8 Å². The minimum absolute atomic E-state index is 0.000561. The van der Waals surface area contributed by atoms with Gasteiger partial charge in [-0.25, -0.2) is 4.98 Å². The molecule has 0 radical (unpaired) electrons. The van der Waals surface area contributed by atoms with E-state index >= 15 is 0 Å². The monoisotopic (exact) mass is 312 g/mol. The van der Waals surface area contributed by atoms with E-state index < -0.39 is 12.1 Å². The van der Waals surface area contributed by atoms with Crippen LogP contribution in [-0.2, 0) is 17.9 Å². The van der Waals surface area contributed by atoms with Gasteiger partial charge in [-0.05, 0) is 24.6 Å². The van der Waals surface area contributed by atoms with Crippen molar-refractivity contribution >= 4 is 17.4 Å². The van der Waals surface area contributed by atoms with E-state index in [1.54, 1.807) is 12.5 Å². The van der Waals surface area contributed by atoms with Crippen molar-refractivity contribution in [3.8, 4) is 0 Å². The summed E-state index contributed by atoms with van der Waals surface area (Å²) in [6.45, 7) is 1.78. The van der Waals surface area contributed by atoms with E-state index in [2.05, 4.69) is 4.98 Å². The maximum atomic E-state index is 9.64. The third-order valence-electron chi connectivity index (χ3n) is 2.57. The Bertz CT molecular complexity index is 584. The van der Waals surface area contributed by atoms with Gasteiger partial charge in [-0.15, -0.1) is 0 Å². The van der Waals surface area contributed by atoms with Gasteiger partial charge >= 0.3 is 0 Å². The Kier molecular flexibility index (Phi) is 7.04. The molecule has 21 heavy (non-hydrogen) atoms. The first-order valence-corrected chi connectivity index (χ1v) is 6.52. The third kappa shape index (κ3) is 6.05. The predicted molar refractivity (Wildman–Crippen MR) is 77.6 cm³/mol. The Labute approximate surface area is 127 Å². The van der Waals surface area contributed by atoms with Crippen molar-refractivity contribution in [2.45, 2.75) is 26.4 Å². The van der Waals surface area contributed by atoms with E-state index in [1.165, 1.54) is 0 Å². The van der Waals surface area contributed by atoms with Crippen LogP contribution in [-0.4, -0.2) is 36.9 Å². The maximum Gasteiger partial charge on any atom is 0.212 e. The first kappa shape index (κ1) is 17.3. The molecule has 0 amide bonds. The molecule has 3 N–H and O–H groups in total. The lowest BCUT2D eigenvalue weighted by atomic mass is 10.2. The molecule has 1 aromatic heterocycles. The Morgan fingerprint density at radius 1 is 1.43 bits per heavy atom. The van der Waals surface area contributed by atoms with Crippen LogP contribution in [0.15, 0.2) is 36.8 Å². The fraction of sp³-hybridized carbons (Fsp3) is 0.286. The summed E-state index contributed by atoms with van der Waals surface area (Å²) in [6, 6.07) is 7.65. The number of rotatable bonds is 4. The molecule has 0 aliphatic rings. The topological polar surface area (TPSA) is 95.6 Å². The minimum Gasteiger partial charge on any atom is -0.390 e. The van der Waals surface area contributed by atoms with Crippen molar-refractivity contribution in [3.63, 3.8) is 0 Å². The number of carbonyl (C=O) groups is 1. The van der Waals surface area contributed by atoms with Crippen molar-refractivity contribution in [1.82, 2.24) is 9.55 Å². The van der Waals surface area contributed by atoms with Crippen LogP contribution < -0.4 is 0 Å². The van der Waals surface area contributed by atoms with E-state index in [-0.39, 0.29) is 6.61 Å². The van der Waals surface area contributed by atoms with Crippen LogP contribution in [0.2, 0.25) is 5.02 Å². The minimum atomic E-state index is -1.79. The zero-order chi connectivity index (χ0) is 15.8. The summed E-state index contributed by atoms with van der Waals surface area (Å²) in [5, 5.41) is 25.4. The van der Waals surface area contributed by atoms with Crippen molar-refractivity contribution in [3.05, 3.63) is 53.1 Å². The number of aliphatic hydroxyl groups excluding tert-OH is 2. The smallest absolute Gasteiger partial charge is 0.212 e. The predicted octanol–water partition coefficient (Wildman–Crippen LogP) is 0.963. The zero-order valence-corrected chi connectivity index (χ0v) is 12.2. The number of ketones is 1. The van der Waals surface area contributed by atoms with Crippen molar-refractivity contribution < 1.29 is 20.1 Å². The third-order valence-corrected chi connectivity index (χ3v) is 2.80. The zero-order valence-electron chi connectivity index (χ0n) is 11.5. The highest BCUT2D eigenvalue weighted by molar-refractivity contribution is 6.30. The fourth-order valence-corrected chi connectivity index (χ4v) is 1.67. The number of Topliss-reactive ketones (excluding diaryl/α,β-unsaturated/α-hetero) is 1. The summed E-state index contributed by atoms with van der Waals surface area (Å²) < 4.78 is 1.89. The lowest BCUT2D eigenvalue weighted by Crippen LogP contribution is -2.14. The summed E-state index contributed by atoms with van der Waals surface area (Å²) in [5.41, 5.74) is 1.89. The molecular weight excluding hydrogens is 296 g/mol. The highest BCUT2D eigenvalue weighted by Crippen LogP contribution is 2.12. The quantitative estimate of drug-likeness (QED) is 0.731. The number of halogens is 1. The molecule has 0 saturated carbocycles. The summed E-state index contributed by atoms with van der Waals surface area (Å²) in [7, 11) is 0. The molecule has 6 nitrogen and oxygen atoms in total. The SMILES string of the molecule is CC(=O)C(O)O.OCc1cncn1Cc1cccc(Cl)c1. The second kappa shape index (κ2) is 8.53. The van der Waals surface area contributed by atoms with Gasteiger partial charge < -0.3 is 19.9 Å². The standard InChI is InChI=1S/C11H11ClN2O.C3H6O3/c12-10-3-1-2-9(4-10)6-14-8-13-5-11(14)7-15;1-2(4)3(5)6/h1-5,8,15H,6-7H2;3,5-6H,1H3. The normalized spacial score (nSPS) is 10.2. The molecule has 0 aliphatic carbocycles. The molecule has 0 saturated heterocycles. The maximum absolute atomic E-state index is 9.64. The number of aliphatic hydroxyl groups is 3. The summed E-state index contributed by atoms with van der Waals surface area (Å²) in [5.74, 6) is -0.630. The van der Waals surface area contributed by atoms with Crippen LogP contribution in [0.25, 0.3) is 0 Å². The number of hydrogen-bond acceptors (Lipinski definition) is 5. The molecule has 2 rings (SSSR count). The van der Waals surface area contributed by atoms with E-state index in [4.69, 9.17) is 26.9 Å². The van der Waals surface area contributed by atoms with Gasteiger partial charge in [-0.2, -0.15) is 0 Å². The van der Waals surface area contributed by atoms with Crippen LogP contribution in [0.4, 0.5) is 0 Å². The molecule has 114 valence electrons. The van der Waals surface area contributed by atoms with Gasteiger partial charge in [0.1, 0.15) is 0 Å². The molecule has 0 atom stereocenters. The number of imidazole rings is 1. The van der Waals surface area contributed by atoms with Crippen molar-refractivity contribution in [1.29, 1.82) is 0 Å². The van der Waals surface area contributed by atoms with Gasteiger partial charge in [0.2, 0.25) is 6.29 Å². The Morgan fingerprint density at radius 3 is 2.62 bits per heavy atom. The van der Waals surface area contributed by atoms with Crippen LogP contribution in [0.1, 0.15) is 18.2 Å². The second-order valence-corrected chi connectivity index (χ2v) is 4.72. The Hall–Kier alpha value is -1.73. The largest absolute Gasteiger partial charge is 0.390 e. The van der Waals surface area contributed by atoms with E-state index in [9.17, 15) is 4.79 Å². The lowest BCUT2D eigenvalue weighted by molar-refractivity contribution is -0.142. The molecule has 1 aromatic carbocycles. The molecule has 0 spiro atoms. The molecule has 0 aliphatic heterocycles. The first-order chi connectivity index (χ1) is 9.93. The molecule has 0 fully saturated rings. The van der Waals surface area contributed by atoms with Gasteiger partial charge in [0.25, 0.3) is 0 Å². The second-order valence-electron chi connectivity index (χ2n) is 4.29. The molecule has 0 bridgehead atoms. The number of aromatic nitrogens is 2. The van der Waals surface area contributed by atoms with Crippen LogP contribution in [0.5, 0.6) is 0 Å². The number of hydrogen-bond donors (Lipinski definition) is 3. The Morgan fingerprint density at radius 2 is 2.10 bits per heavy atom. The van der Waals surface area contributed by atoms with Crippen LogP contribution in [0, 0.1) is 0 Å². The van der Waals surface area contributed by atoms with E-state index in [0.717, 1.165) is 23.2 Å². The average Bonchev–Trinajstić information content (AvgIpc) is 2.86. The van der Waals surface area contributed by atoms with Crippen LogP contribution >= 0.6 is 11.6 Å². The lowest BCUT2D eigenvalue weighted by Gasteiger charge is -2.06. The number of carbonyl (C=O) groups excluding carboxylic acids is 1.